The van der Waals surface area contributed by atoms with E-state index in [2.05, 4.69) is 10.3 Å². The van der Waals surface area contributed by atoms with Crippen LogP contribution in [0.25, 0.3) is 10.9 Å². The molecule has 0 bridgehead atoms. The number of hydrogen-bond donors (Lipinski definition) is 1. The Morgan fingerprint density at radius 2 is 1.89 bits per heavy atom. The Balaban J connectivity index is 1.73. The first-order valence-corrected chi connectivity index (χ1v) is 8.43. The molecule has 2 aromatic carbocycles. The molecule has 3 rings (SSSR count). The predicted octanol–water partition coefficient (Wildman–Crippen LogP) is 3.94. The minimum Gasteiger partial charge on any atom is -0.449 e. The maximum atomic E-state index is 12.5. The zero-order valence-electron chi connectivity index (χ0n) is 14.3. The number of ether oxygens (including phenoxy) is 1. The first-order valence-electron chi connectivity index (χ1n) is 8.05. The van der Waals surface area contributed by atoms with Gasteiger partial charge in [0.2, 0.25) is 0 Å². The summed E-state index contributed by atoms with van der Waals surface area (Å²) in [4.78, 5) is 29.0. The van der Waals surface area contributed by atoms with E-state index in [0.717, 1.165) is 0 Å². The van der Waals surface area contributed by atoms with E-state index in [4.69, 9.17) is 21.6 Å². The number of rotatable bonds is 4. The number of aromatic nitrogens is 1. The normalized spacial score (nSPS) is 11.4. The maximum absolute atomic E-state index is 12.5. The molecule has 0 saturated carbocycles. The van der Waals surface area contributed by atoms with Crippen LogP contribution in [0.3, 0.4) is 0 Å². The summed E-state index contributed by atoms with van der Waals surface area (Å²) in [7, 11) is 0. The quantitative estimate of drug-likeness (QED) is 0.547. The number of esters is 1. The largest absolute Gasteiger partial charge is 0.449 e. The van der Waals surface area contributed by atoms with Gasteiger partial charge < -0.3 is 10.1 Å². The standard InChI is InChI=1S/C20H14ClN3O3/c1-12(19(25)23-14-8-6-13(11-22)7-9-14)27-20(26)16-10-18(21)24-17-5-3-2-4-15(16)17/h2-10,12H,1H3,(H,23,25)/t12-/m0/s1. The molecule has 1 amide bonds. The fourth-order valence-corrected chi connectivity index (χ4v) is 2.66. The first-order chi connectivity index (χ1) is 13.0. The Bertz CT molecular complexity index is 1060. The minimum atomic E-state index is -1.03. The number of nitriles is 1. The molecule has 3 aromatic rings. The second kappa shape index (κ2) is 7.85. The summed E-state index contributed by atoms with van der Waals surface area (Å²) in [5.74, 6) is -1.16. The summed E-state index contributed by atoms with van der Waals surface area (Å²) in [5.41, 5.74) is 1.78. The van der Waals surface area contributed by atoms with Crippen LogP contribution in [0, 0.1) is 11.3 Å². The van der Waals surface area contributed by atoms with Crippen LogP contribution >= 0.6 is 11.6 Å². The zero-order valence-corrected chi connectivity index (χ0v) is 15.0. The number of para-hydroxylation sites is 1. The summed E-state index contributed by atoms with van der Waals surface area (Å²) >= 11 is 5.98. The molecule has 0 fully saturated rings. The third kappa shape index (κ3) is 4.22. The number of benzene rings is 2. The average Bonchev–Trinajstić information content (AvgIpc) is 2.67. The topological polar surface area (TPSA) is 92.1 Å². The molecule has 6 nitrogen and oxygen atoms in total. The number of nitrogens with zero attached hydrogens (tertiary/aromatic N) is 2. The van der Waals surface area contributed by atoms with E-state index in [1.807, 2.05) is 6.07 Å². The highest BCUT2D eigenvalue weighted by Gasteiger charge is 2.21. The van der Waals surface area contributed by atoms with E-state index < -0.39 is 18.0 Å². The van der Waals surface area contributed by atoms with Crippen LogP contribution in [0.4, 0.5) is 5.69 Å². The number of carbonyl (C=O) groups is 2. The van der Waals surface area contributed by atoms with E-state index in [1.54, 1.807) is 48.5 Å². The molecule has 7 heteroatoms. The van der Waals surface area contributed by atoms with Crippen molar-refractivity contribution < 1.29 is 14.3 Å². The van der Waals surface area contributed by atoms with Crippen molar-refractivity contribution >= 4 is 40.1 Å². The molecule has 1 aromatic heterocycles. The molecule has 1 heterocycles. The van der Waals surface area contributed by atoms with Crippen LogP contribution in [0.1, 0.15) is 22.8 Å². The molecule has 0 saturated heterocycles. The summed E-state index contributed by atoms with van der Waals surface area (Å²) in [6.45, 7) is 1.47. The highest BCUT2D eigenvalue weighted by molar-refractivity contribution is 6.30. The molecule has 0 spiro atoms. The molecule has 27 heavy (non-hydrogen) atoms. The van der Waals surface area contributed by atoms with Gasteiger partial charge in [0.05, 0.1) is 22.7 Å². The van der Waals surface area contributed by atoms with Gasteiger partial charge in [0.25, 0.3) is 5.91 Å². The van der Waals surface area contributed by atoms with Gasteiger partial charge in [0.15, 0.2) is 6.10 Å². The van der Waals surface area contributed by atoms with Crippen molar-refractivity contribution in [1.29, 1.82) is 5.26 Å². The lowest BCUT2D eigenvalue weighted by molar-refractivity contribution is -0.123. The summed E-state index contributed by atoms with van der Waals surface area (Å²) in [6, 6.07) is 16.8. The van der Waals surface area contributed by atoms with Crippen LogP contribution in [0.15, 0.2) is 54.6 Å². The molecular weight excluding hydrogens is 366 g/mol. The van der Waals surface area contributed by atoms with Crippen molar-refractivity contribution in [3.63, 3.8) is 0 Å². The third-order valence-electron chi connectivity index (χ3n) is 3.84. The fourth-order valence-electron chi connectivity index (χ4n) is 2.46. The Morgan fingerprint density at radius 1 is 1.19 bits per heavy atom. The van der Waals surface area contributed by atoms with Crippen molar-refractivity contribution in [1.82, 2.24) is 4.98 Å². The van der Waals surface area contributed by atoms with Gasteiger partial charge in [-0.1, -0.05) is 29.8 Å². The molecule has 1 atom stereocenters. The highest BCUT2D eigenvalue weighted by atomic mass is 35.5. The van der Waals surface area contributed by atoms with Crippen molar-refractivity contribution in [3.8, 4) is 6.07 Å². The summed E-state index contributed by atoms with van der Waals surface area (Å²) in [6.07, 6.45) is -1.03. The number of hydrogen-bond acceptors (Lipinski definition) is 5. The lowest BCUT2D eigenvalue weighted by Crippen LogP contribution is -2.30. The SMILES string of the molecule is C[C@H](OC(=O)c1cc(Cl)nc2ccccc12)C(=O)Nc1ccc(C#N)cc1. The third-order valence-corrected chi connectivity index (χ3v) is 4.03. The Kier molecular flexibility index (Phi) is 5.34. The maximum Gasteiger partial charge on any atom is 0.339 e. The highest BCUT2D eigenvalue weighted by Crippen LogP contribution is 2.22. The smallest absolute Gasteiger partial charge is 0.339 e. The summed E-state index contributed by atoms with van der Waals surface area (Å²) in [5, 5.41) is 12.2. The molecule has 0 radical (unpaired) electrons. The van der Waals surface area contributed by atoms with E-state index in [9.17, 15) is 9.59 Å². The Morgan fingerprint density at radius 3 is 2.59 bits per heavy atom. The number of fused-ring (bicyclic) bond motifs is 1. The predicted molar refractivity (Wildman–Crippen MR) is 101 cm³/mol. The number of halogens is 1. The van der Waals surface area contributed by atoms with Crippen molar-refractivity contribution in [3.05, 3.63) is 70.9 Å². The molecule has 0 aliphatic heterocycles. The Hall–Kier alpha value is -3.43. The number of pyridine rings is 1. The number of carbonyl (C=O) groups excluding carboxylic acids is 2. The van der Waals surface area contributed by atoms with Gasteiger partial charge in [-0.05, 0) is 43.3 Å². The lowest BCUT2D eigenvalue weighted by atomic mass is 10.1. The van der Waals surface area contributed by atoms with Crippen molar-refractivity contribution in [2.75, 3.05) is 5.32 Å². The number of amides is 1. The van der Waals surface area contributed by atoms with Crippen LogP contribution in [-0.4, -0.2) is 23.0 Å². The van der Waals surface area contributed by atoms with Gasteiger partial charge in [-0.3, -0.25) is 4.79 Å². The van der Waals surface area contributed by atoms with Gasteiger partial charge in [-0.25, -0.2) is 9.78 Å². The summed E-state index contributed by atoms with van der Waals surface area (Å²) < 4.78 is 5.29. The van der Waals surface area contributed by atoms with E-state index >= 15 is 0 Å². The molecule has 1 N–H and O–H groups in total. The van der Waals surface area contributed by atoms with Gasteiger partial charge in [0.1, 0.15) is 5.15 Å². The van der Waals surface area contributed by atoms with Gasteiger partial charge >= 0.3 is 5.97 Å². The lowest BCUT2D eigenvalue weighted by Gasteiger charge is -2.14. The van der Waals surface area contributed by atoms with E-state index in [0.29, 0.717) is 22.2 Å². The van der Waals surface area contributed by atoms with E-state index in [-0.39, 0.29) is 10.7 Å². The van der Waals surface area contributed by atoms with Gasteiger partial charge in [0, 0.05) is 11.1 Å². The average molecular weight is 380 g/mol. The van der Waals surface area contributed by atoms with E-state index in [1.165, 1.54) is 13.0 Å². The molecular formula is C20H14ClN3O3. The first kappa shape index (κ1) is 18.4. The monoisotopic (exact) mass is 379 g/mol. The Labute approximate surface area is 160 Å². The van der Waals surface area contributed by atoms with Crippen molar-refractivity contribution in [2.45, 2.75) is 13.0 Å². The van der Waals surface area contributed by atoms with Crippen LogP contribution < -0.4 is 5.32 Å². The van der Waals surface area contributed by atoms with Crippen molar-refractivity contribution in [2.24, 2.45) is 0 Å². The minimum absolute atomic E-state index is 0.162. The molecule has 0 unspecified atom stereocenters. The van der Waals surface area contributed by atoms with Crippen LogP contribution in [0.2, 0.25) is 5.15 Å². The fraction of sp³-hybridized carbons (Fsp3) is 0.100. The second-order valence-electron chi connectivity index (χ2n) is 5.74. The number of nitrogens with one attached hydrogen (secondary N) is 1. The molecule has 134 valence electrons. The van der Waals surface area contributed by atoms with Gasteiger partial charge in [-0.2, -0.15) is 5.26 Å². The van der Waals surface area contributed by atoms with Crippen LogP contribution in [-0.2, 0) is 9.53 Å². The molecule has 0 aliphatic carbocycles. The second-order valence-corrected chi connectivity index (χ2v) is 6.12. The molecule has 0 aliphatic rings. The van der Waals surface area contributed by atoms with Gasteiger partial charge in [-0.15, -0.1) is 0 Å². The zero-order chi connectivity index (χ0) is 19.4. The van der Waals surface area contributed by atoms with Crippen LogP contribution in [0.5, 0.6) is 0 Å². The number of anilines is 1.